The molecule has 3 rings (SSSR count). The van der Waals surface area contributed by atoms with Crippen LogP contribution < -0.4 is 4.72 Å². The smallest absolute Gasteiger partial charge is 0.328 e. The lowest BCUT2D eigenvalue weighted by Gasteiger charge is -2.10. The minimum Gasteiger partial charge on any atom is -0.478 e. The van der Waals surface area contributed by atoms with Crippen molar-refractivity contribution < 1.29 is 18.3 Å². The van der Waals surface area contributed by atoms with Crippen molar-refractivity contribution in [3.63, 3.8) is 0 Å². The second-order valence-electron chi connectivity index (χ2n) is 6.80. The Bertz CT molecular complexity index is 1140. The van der Waals surface area contributed by atoms with Crippen molar-refractivity contribution >= 4 is 21.6 Å². The number of carbonyl (C=O) groups is 1. The zero-order chi connectivity index (χ0) is 21.6. The third-order valence-electron chi connectivity index (χ3n) is 4.54. The summed E-state index contributed by atoms with van der Waals surface area (Å²) in [5, 5.41) is 9.20. The number of benzene rings is 2. The number of pyridine rings is 1. The van der Waals surface area contributed by atoms with Crippen LogP contribution in [0.4, 0.5) is 0 Å². The summed E-state index contributed by atoms with van der Waals surface area (Å²) in [4.78, 5) is 15.5. The van der Waals surface area contributed by atoms with Gasteiger partial charge in [-0.25, -0.2) is 17.9 Å². The summed E-state index contributed by atoms with van der Waals surface area (Å²) in [7, 11) is -3.55. The summed E-state index contributed by atoms with van der Waals surface area (Å²) >= 11 is 0. The molecule has 0 saturated carbocycles. The lowest BCUT2D eigenvalue weighted by Crippen LogP contribution is -2.26. The highest BCUT2D eigenvalue weighted by Crippen LogP contribution is 2.23. The van der Waals surface area contributed by atoms with Crippen molar-refractivity contribution in [1.82, 2.24) is 9.71 Å². The SMILES string of the molecule is Cc1ccc(S(=O)(=O)NCCc2ccc(/C(=C\C(=O)O)c3cccnc3)cc2)cc1. The molecule has 0 radical (unpaired) electrons. The van der Waals surface area contributed by atoms with E-state index in [0.29, 0.717) is 17.6 Å². The van der Waals surface area contributed by atoms with Gasteiger partial charge in [0.05, 0.1) is 4.90 Å². The molecule has 7 heteroatoms. The van der Waals surface area contributed by atoms with Crippen LogP contribution in [0.5, 0.6) is 0 Å². The topological polar surface area (TPSA) is 96.4 Å². The summed E-state index contributed by atoms with van der Waals surface area (Å²) in [6.45, 7) is 2.16. The van der Waals surface area contributed by atoms with E-state index >= 15 is 0 Å². The molecule has 3 aromatic rings. The first kappa shape index (κ1) is 21.4. The molecule has 1 aromatic heterocycles. The highest BCUT2D eigenvalue weighted by Gasteiger charge is 2.13. The molecule has 1 heterocycles. The molecule has 0 fully saturated rings. The fourth-order valence-electron chi connectivity index (χ4n) is 2.96. The summed E-state index contributed by atoms with van der Waals surface area (Å²) in [6.07, 6.45) is 4.91. The van der Waals surface area contributed by atoms with E-state index in [0.717, 1.165) is 22.8 Å². The monoisotopic (exact) mass is 422 g/mol. The highest BCUT2D eigenvalue weighted by atomic mass is 32.2. The van der Waals surface area contributed by atoms with Crippen LogP contribution in [-0.2, 0) is 21.2 Å². The van der Waals surface area contributed by atoms with Crippen molar-refractivity contribution in [2.45, 2.75) is 18.2 Å². The average Bonchev–Trinajstić information content (AvgIpc) is 2.73. The summed E-state index contributed by atoms with van der Waals surface area (Å²) < 4.78 is 27.3. The average molecular weight is 423 g/mol. The van der Waals surface area contributed by atoms with Gasteiger partial charge >= 0.3 is 5.97 Å². The van der Waals surface area contributed by atoms with Crippen molar-refractivity contribution in [3.05, 3.63) is 101 Å². The molecule has 0 spiro atoms. The van der Waals surface area contributed by atoms with Gasteiger partial charge in [0, 0.05) is 30.6 Å². The Morgan fingerprint density at radius 2 is 1.73 bits per heavy atom. The molecule has 0 amide bonds. The molecule has 0 aliphatic carbocycles. The van der Waals surface area contributed by atoms with Gasteiger partial charge in [-0.05, 0) is 48.2 Å². The van der Waals surface area contributed by atoms with E-state index in [2.05, 4.69) is 9.71 Å². The number of nitrogens with one attached hydrogen (secondary N) is 1. The summed E-state index contributed by atoms with van der Waals surface area (Å²) in [5.74, 6) is -1.04. The zero-order valence-electron chi connectivity index (χ0n) is 16.4. The number of carboxylic acids is 1. The van der Waals surface area contributed by atoms with Crippen molar-refractivity contribution in [3.8, 4) is 0 Å². The Labute approximate surface area is 176 Å². The second-order valence-corrected chi connectivity index (χ2v) is 8.56. The number of aliphatic carboxylic acids is 1. The Kier molecular flexibility index (Phi) is 6.76. The number of sulfonamides is 1. The van der Waals surface area contributed by atoms with Crippen LogP contribution in [0.25, 0.3) is 5.57 Å². The maximum atomic E-state index is 12.4. The predicted octanol–water partition coefficient (Wildman–Crippen LogP) is 3.43. The van der Waals surface area contributed by atoms with Crippen LogP contribution in [0.1, 0.15) is 22.3 Å². The molecule has 0 aliphatic heterocycles. The number of rotatable bonds is 8. The van der Waals surface area contributed by atoms with Gasteiger partial charge in [-0.3, -0.25) is 4.98 Å². The van der Waals surface area contributed by atoms with Crippen molar-refractivity contribution in [1.29, 1.82) is 0 Å². The number of nitrogens with zero attached hydrogens (tertiary/aromatic N) is 1. The van der Waals surface area contributed by atoms with Gasteiger partial charge in [0.2, 0.25) is 10.0 Å². The Morgan fingerprint density at radius 1 is 1.03 bits per heavy atom. The van der Waals surface area contributed by atoms with Crippen LogP contribution >= 0.6 is 0 Å². The fraction of sp³-hybridized carbons (Fsp3) is 0.130. The third kappa shape index (κ3) is 5.62. The molecule has 154 valence electrons. The summed E-state index contributed by atoms with van der Waals surface area (Å²) in [6, 6.07) is 17.6. The second kappa shape index (κ2) is 9.47. The zero-order valence-corrected chi connectivity index (χ0v) is 17.3. The largest absolute Gasteiger partial charge is 0.478 e. The molecule has 30 heavy (non-hydrogen) atoms. The first-order valence-corrected chi connectivity index (χ1v) is 10.8. The van der Waals surface area contributed by atoms with E-state index in [1.807, 2.05) is 31.2 Å². The molecule has 0 atom stereocenters. The van der Waals surface area contributed by atoms with Crippen LogP contribution in [0, 0.1) is 6.92 Å². The van der Waals surface area contributed by atoms with E-state index in [1.54, 1.807) is 48.8 Å². The van der Waals surface area contributed by atoms with E-state index in [1.165, 1.54) is 0 Å². The number of hydrogen-bond acceptors (Lipinski definition) is 4. The minimum absolute atomic E-state index is 0.239. The van der Waals surface area contributed by atoms with Crippen LogP contribution in [-0.4, -0.2) is 31.0 Å². The van der Waals surface area contributed by atoms with Gasteiger partial charge < -0.3 is 5.11 Å². The molecule has 0 saturated heterocycles. The first-order valence-electron chi connectivity index (χ1n) is 9.36. The minimum atomic E-state index is -3.55. The molecule has 6 nitrogen and oxygen atoms in total. The van der Waals surface area contributed by atoms with E-state index in [-0.39, 0.29) is 11.4 Å². The third-order valence-corrected chi connectivity index (χ3v) is 6.02. The predicted molar refractivity (Wildman–Crippen MR) is 115 cm³/mol. The molecule has 0 bridgehead atoms. The van der Waals surface area contributed by atoms with Crippen LogP contribution in [0.2, 0.25) is 0 Å². The van der Waals surface area contributed by atoms with Gasteiger partial charge in [0.25, 0.3) is 0 Å². The van der Waals surface area contributed by atoms with Gasteiger partial charge in [0.15, 0.2) is 0 Å². The van der Waals surface area contributed by atoms with Crippen LogP contribution in [0.3, 0.4) is 0 Å². The molecular weight excluding hydrogens is 400 g/mol. The molecular formula is C23H22N2O4S. The van der Waals surface area contributed by atoms with Gasteiger partial charge in [-0.2, -0.15) is 0 Å². The number of carboxylic acid groups (broad SMARTS) is 1. The molecule has 0 aliphatic rings. The standard InChI is InChI=1S/C23H22N2O4S/c1-17-4-10-21(11-5-17)30(28,29)25-14-12-18-6-8-19(9-7-18)22(15-23(26)27)20-3-2-13-24-16-20/h2-11,13,15-16,25H,12,14H2,1H3,(H,26,27)/b22-15+. The highest BCUT2D eigenvalue weighted by molar-refractivity contribution is 7.89. The molecule has 2 N–H and O–H groups in total. The lowest BCUT2D eigenvalue weighted by atomic mass is 9.97. The Balaban J connectivity index is 1.68. The number of aromatic nitrogens is 1. The summed E-state index contributed by atoms with van der Waals surface area (Å²) in [5.41, 5.74) is 3.94. The molecule has 2 aromatic carbocycles. The Hall–Kier alpha value is -3.29. The van der Waals surface area contributed by atoms with E-state index in [4.69, 9.17) is 0 Å². The van der Waals surface area contributed by atoms with Gasteiger partial charge in [-0.15, -0.1) is 0 Å². The Morgan fingerprint density at radius 3 is 2.33 bits per heavy atom. The fourth-order valence-corrected chi connectivity index (χ4v) is 3.99. The van der Waals surface area contributed by atoms with E-state index < -0.39 is 16.0 Å². The normalized spacial score (nSPS) is 12.0. The van der Waals surface area contributed by atoms with Gasteiger partial charge in [-0.1, -0.05) is 48.0 Å². The number of aryl methyl sites for hydroxylation is 1. The molecule has 0 unspecified atom stereocenters. The van der Waals surface area contributed by atoms with E-state index in [9.17, 15) is 18.3 Å². The maximum Gasteiger partial charge on any atom is 0.328 e. The first-order chi connectivity index (χ1) is 14.3. The van der Waals surface area contributed by atoms with Crippen LogP contribution in [0.15, 0.2) is 84.0 Å². The number of hydrogen-bond donors (Lipinski definition) is 2. The van der Waals surface area contributed by atoms with Crippen molar-refractivity contribution in [2.75, 3.05) is 6.54 Å². The maximum absolute atomic E-state index is 12.4. The lowest BCUT2D eigenvalue weighted by molar-refractivity contribution is -0.131. The quantitative estimate of drug-likeness (QED) is 0.542. The van der Waals surface area contributed by atoms with Gasteiger partial charge in [0.1, 0.15) is 0 Å². The van der Waals surface area contributed by atoms with Crippen molar-refractivity contribution in [2.24, 2.45) is 0 Å².